The van der Waals surface area contributed by atoms with E-state index in [1.807, 2.05) is 0 Å². The molecule has 1 aromatic carbocycles. The van der Waals surface area contributed by atoms with Crippen LogP contribution in [0.2, 0.25) is 5.02 Å². The molecule has 2 amide bonds. The van der Waals surface area contributed by atoms with Crippen molar-refractivity contribution in [3.63, 3.8) is 0 Å². The van der Waals surface area contributed by atoms with Gasteiger partial charge in [-0.1, -0.05) is 18.5 Å². The van der Waals surface area contributed by atoms with Gasteiger partial charge in [0.25, 0.3) is 11.8 Å². The fourth-order valence-corrected chi connectivity index (χ4v) is 3.01. The van der Waals surface area contributed by atoms with Crippen LogP contribution in [0.25, 0.3) is 0 Å². The standard InChI is InChI=1S/C18H23ClN2O4/c1-2-15-5-3-4-10-21(15)16(22)12-25-17(23)11-20-18(24)13-6-8-14(19)9-7-13/h6-9,15H,2-5,10-12H2,1H3,(H,20,24)/t15-/m0/s1. The van der Waals surface area contributed by atoms with Crippen LogP contribution in [0.1, 0.15) is 43.0 Å². The summed E-state index contributed by atoms with van der Waals surface area (Å²) in [6, 6.07) is 6.54. The van der Waals surface area contributed by atoms with E-state index in [1.54, 1.807) is 29.2 Å². The van der Waals surface area contributed by atoms with Gasteiger partial charge in [0, 0.05) is 23.2 Å². The first kappa shape index (κ1) is 19.2. The molecule has 6 nitrogen and oxygen atoms in total. The van der Waals surface area contributed by atoms with Crippen molar-refractivity contribution in [3.05, 3.63) is 34.9 Å². The minimum atomic E-state index is -0.638. The lowest BCUT2D eigenvalue weighted by Crippen LogP contribution is -2.45. The molecule has 7 heteroatoms. The zero-order valence-electron chi connectivity index (χ0n) is 14.3. The summed E-state index contributed by atoms with van der Waals surface area (Å²) in [5.74, 6) is -1.22. The Morgan fingerprint density at radius 1 is 1.24 bits per heavy atom. The summed E-state index contributed by atoms with van der Waals surface area (Å²) in [5, 5.41) is 2.99. The highest BCUT2D eigenvalue weighted by Gasteiger charge is 2.25. The average Bonchev–Trinajstić information content (AvgIpc) is 2.64. The number of halogens is 1. The Labute approximate surface area is 152 Å². The Hall–Kier alpha value is -2.08. The molecular formula is C18H23ClN2O4. The summed E-state index contributed by atoms with van der Waals surface area (Å²) in [6.07, 6.45) is 4.00. The van der Waals surface area contributed by atoms with Crippen LogP contribution < -0.4 is 5.32 Å². The first-order valence-electron chi connectivity index (χ1n) is 8.50. The summed E-state index contributed by atoms with van der Waals surface area (Å²) < 4.78 is 4.99. The van der Waals surface area contributed by atoms with Crippen molar-refractivity contribution in [1.82, 2.24) is 10.2 Å². The van der Waals surface area contributed by atoms with Gasteiger partial charge in [0.05, 0.1) is 0 Å². The average molecular weight is 367 g/mol. The molecule has 1 N–H and O–H groups in total. The van der Waals surface area contributed by atoms with Crippen molar-refractivity contribution in [2.45, 2.75) is 38.6 Å². The van der Waals surface area contributed by atoms with E-state index in [1.165, 1.54) is 0 Å². The van der Waals surface area contributed by atoms with Crippen LogP contribution in [0.5, 0.6) is 0 Å². The van der Waals surface area contributed by atoms with Crippen LogP contribution in [0, 0.1) is 0 Å². The van der Waals surface area contributed by atoms with E-state index in [9.17, 15) is 14.4 Å². The quantitative estimate of drug-likeness (QED) is 0.784. The molecule has 0 saturated carbocycles. The van der Waals surface area contributed by atoms with Crippen LogP contribution >= 0.6 is 11.6 Å². The van der Waals surface area contributed by atoms with Crippen LogP contribution in [0.15, 0.2) is 24.3 Å². The Bertz CT molecular complexity index is 618. The van der Waals surface area contributed by atoms with Gasteiger partial charge in [0.15, 0.2) is 6.61 Å². The molecule has 0 bridgehead atoms. The molecule has 0 spiro atoms. The van der Waals surface area contributed by atoms with Crippen LogP contribution in [0.3, 0.4) is 0 Å². The summed E-state index contributed by atoms with van der Waals surface area (Å²) in [5.41, 5.74) is 0.396. The van der Waals surface area contributed by atoms with Gasteiger partial charge in [0.1, 0.15) is 6.54 Å². The third-order valence-electron chi connectivity index (χ3n) is 4.28. The number of esters is 1. The second-order valence-electron chi connectivity index (χ2n) is 6.00. The van der Waals surface area contributed by atoms with E-state index < -0.39 is 11.9 Å². The number of hydrogen-bond donors (Lipinski definition) is 1. The monoisotopic (exact) mass is 366 g/mol. The topological polar surface area (TPSA) is 75.7 Å². The van der Waals surface area contributed by atoms with E-state index in [4.69, 9.17) is 16.3 Å². The van der Waals surface area contributed by atoms with Gasteiger partial charge in [-0.15, -0.1) is 0 Å². The van der Waals surface area contributed by atoms with Crippen LogP contribution in [-0.4, -0.2) is 48.4 Å². The van der Waals surface area contributed by atoms with Gasteiger partial charge in [-0.05, 0) is 49.9 Å². The number of amides is 2. The first-order valence-corrected chi connectivity index (χ1v) is 8.88. The highest BCUT2D eigenvalue weighted by atomic mass is 35.5. The van der Waals surface area contributed by atoms with Crippen LogP contribution in [-0.2, 0) is 14.3 Å². The predicted molar refractivity (Wildman–Crippen MR) is 94.4 cm³/mol. The summed E-state index contributed by atoms with van der Waals surface area (Å²) in [7, 11) is 0. The molecule has 1 aliphatic heterocycles. The minimum Gasteiger partial charge on any atom is -0.454 e. The molecule has 2 rings (SSSR count). The highest BCUT2D eigenvalue weighted by molar-refractivity contribution is 6.30. The SMILES string of the molecule is CC[C@H]1CCCCN1C(=O)COC(=O)CNC(=O)c1ccc(Cl)cc1. The number of hydrogen-bond acceptors (Lipinski definition) is 4. The molecule has 0 aliphatic carbocycles. The molecule has 1 saturated heterocycles. The van der Waals surface area contributed by atoms with E-state index in [2.05, 4.69) is 12.2 Å². The number of rotatable bonds is 6. The smallest absolute Gasteiger partial charge is 0.325 e. The molecular weight excluding hydrogens is 344 g/mol. The Kier molecular flexibility index (Phi) is 7.25. The fourth-order valence-electron chi connectivity index (χ4n) is 2.89. The van der Waals surface area contributed by atoms with Crippen molar-refractivity contribution in [2.75, 3.05) is 19.7 Å². The Morgan fingerprint density at radius 3 is 2.64 bits per heavy atom. The number of nitrogens with one attached hydrogen (secondary N) is 1. The Balaban J connectivity index is 1.73. The van der Waals surface area contributed by atoms with Crippen molar-refractivity contribution >= 4 is 29.4 Å². The van der Waals surface area contributed by atoms with E-state index in [0.29, 0.717) is 17.1 Å². The number of likely N-dealkylation sites (tertiary alicyclic amines) is 1. The molecule has 0 radical (unpaired) electrons. The molecule has 1 fully saturated rings. The minimum absolute atomic E-state index is 0.177. The lowest BCUT2D eigenvalue weighted by molar-refractivity contribution is -0.152. The number of carbonyl (C=O) groups excluding carboxylic acids is 3. The molecule has 1 aliphatic rings. The van der Waals surface area contributed by atoms with Crippen molar-refractivity contribution in [3.8, 4) is 0 Å². The zero-order chi connectivity index (χ0) is 18.2. The maximum Gasteiger partial charge on any atom is 0.325 e. The molecule has 1 atom stereocenters. The number of ether oxygens (including phenoxy) is 1. The lowest BCUT2D eigenvalue weighted by atomic mass is 10.00. The van der Waals surface area contributed by atoms with Crippen molar-refractivity contribution in [2.24, 2.45) is 0 Å². The summed E-state index contributed by atoms with van der Waals surface area (Å²) >= 11 is 5.76. The van der Waals surface area contributed by atoms with Gasteiger partial charge >= 0.3 is 5.97 Å². The van der Waals surface area contributed by atoms with Gasteiger partial charge < -0.3 is 15.0 Å². The molecule has 136 valence electrons. The molecule has 0 unspecified atom stereocenters. The van der Waals surface area contributed by atoms with Gasteiger partial charge in [-0.25, -0.2) is 0 Å². The third-order valence-corrected chi connectivity index (χ3v) is 4.53. The van der Waals surface area contributed by atoms with Gasteiger partial charge in [0.2, 0.25) is 0 Å². The Morgan fingerprint density at radius 2 is 1.96 bits per heavy atom. The molecule has 0 aromatic heterocycles. The van der Waals surface area contributed by atoms with Crippen molar-refractivity contribution < 1.29 is 19.1 Å². The number of piperidine rings is 1. The normalized spacial score (nSPS) is 17.0. The summed E-state index contributed by atoms with van der Waals surface area (Å²) in [6.45, 7) is 2.19. The highest BCUT2D eigenvalue weighted by Crippen LogP contribution is 2.19. The fraction of sp³-hybridized carbons (Fsp3) is 0.500. The second kappa shape index (κ2) is 9.42. The molecule has 1 aromatic rings. The molecule has 25 heavy (non-hydrogen) atoms. The zero-order valence-corrected chi connectivity index (χ0v) is 15.1. The van der Waals surface area contributed by atoms with Gasteiger partial charge in [-0.2, -0.15) is 0 Å². The maximum atomic E-state index is 12.2. The van der Waals surface area contributed by atoms with E-state index in [-0.39, 0.29) is 25.1 Å². The second-order valence-corrected chi connectivity index (χ2v) is 6.43. The molecule has 1 heterocycles. The largest absolute Gasteiger partial charge is 0.454 e. The van der Waals surface area contributed by atoms with Crippen molar-refractivity contribution in [1.29, 1.82) is 0 Å². The first-order chi connectivity index (χ1) is 12.0. The number of benzene rings is 1. The lowest BCUT2D eigenvalue weighted by Gasteiger charge is -2.35. The summed E-state index contributed by atoms with van der Waals surface area (Å²) in [4.78, 5) is 37.6. The van der Waals surface area contributed by atoms with Gasteiger partial charge in [-0.3, -0.25) is 14.4 Å². The van der Waals surface area contributed by atoms with Crippen LogP contribution in [0.4, 0.5) is 0 Å². The van der Waals surface area contributed by atoms with E-state index >= 15 is 0 Å². The number of carbonyl (C=O) groups is 3. The predicted octanol–water partition coefficient (Wildman–Crippen LogP) is 2.40. The number of nitrogens with zero attached hydrogens (tertiary/aromatic N) is 1. The maximum absolute atomic E-state index is 12.2. The van der Waals surface area contributed by atoms with E-state index in [0.717, 1.165) is 25.7 Å². The third kappa shape index (κ3) is 5.74.